The summed E-state index contributed by atoms with van der Waals surface area (Å²) < 4.78 is 4.84. The minimum Gasteiger partial charge on any atom is -0.507 e. The fraction of sp³-hybridized carbons (Fsp3) is 0.115. The number of hydrogen-bond donors (Lipinski definition) is 3. The molecule has 7 nitrogen and oxygen atoms in total. The highest BCUT2D eigenvalue weighted by molar-refractivity contribution is 6.45. The van der Waals surface area contributed by atoms with Gasteiger partial charge in [-0.1, -0.05) is 54.6 Å². The molecule has 0 aliphatic heterocycles. The minimum absolute atomic E-state index is 0.0830. The van der Waals surface area contributed by atoms with E-state index in [0.29, 0.717) is 16.5 Å². The Balaban J connectivity index is 1.56. The van der Waals surface area contributed by atoms with Gasteiger partial charge in [-0.25, -0.2) is 4.79 Å². The van der Waals surface area contributed by atoms with Crippen LogP contribution in [-0.2, 0) is 20.7 Å². The molecule has 3 N–H and O–H groups in total. The van der Waals surface area contributed by atoms with Crippen LogP contribution in [-0.4, -0.2) is 40.9 Å². The topological polar surface area (TPSA) is 108 Å². The van der Waals surface area contributed by atoms with Crippen LogP contribution in [0.1, 0.15) is 15.9 Å². The van der Waals surface area contributed by atoms with Crippen LogP contribution in [0.25, 0.3) is 22.0 Å². The van der Waals surface area contributed by atoms with E-state index in [1.165, 1.54) is 19.4 Å². The number of nitrogens with one attached hydrogen (secondary N) is 2. The van der Waals surface area contributed by atoms with E-state index >= 15 is 0 Å². The lowest BCUT2D eigenvalue weighted by Gasteiger charge is -2.17. The van der Waals surface area contributed by atoms with Crippen molar-refractivity contribution in [3.8, 4) is 16.9 Å². The predicted octanol–water partition coefficient (Wildman–Crippen LogP) is 3.62. The molecule has 1 amide bonds. The third-order valence-corrected chi connectivity index (χ3v) is 5.42. The lowest BCUT2D eigenvalue weighted by atomic mass is 9.98. The standard InChI is InChI=1S/C26H22N2O5/c1-33-26(32)22(14-16-11-12-23(29)19(13-16)17-7-3-2-4-8-17)28-25(31)24(30)20-15-27-21-10-6-5-9-18(20)21/h2-13,15,22,27,29H,14H2,1H3,(H,28,31)/t22-/m0/s1. The molecule has 0 bridgehead atoms. The monoisotopic (exact) mass is 442 g/mol. The number of esters is 1. The van der Waals surface area contributed by atoms with Crippen molar-refractivity contribution in [2.45, 2.75) is 12.5 Å². The van der Waals surface area contributed by atoms with E-state index < -0.39 is 23.7 Å². The van der Waals surface area contributed by atoms with Crippen molar-refractivity contribution in [1.29, 1.82) is 0 Å². The van der Waals surface area contributed by atoms with Crippen molar-refractivity contribution in [3.05, 3.63) is 90.1 Å². The van der Waals surface area contributed by atoms with Gasteiger partial charge in [-0.05, 0) is 29.3 Å². The van der Waals surface area contributed by atoms with Gasteiger partial charge in [0.15, 0.2) is 0 Å². The first-order valence-corrected chi connectivity index (χ1v) is 10.3. The van der Waals surface area contributed by atoms with Crippen LogP contribution in [0.15, 0.2) is 79.0 Å². The highest BCUT2D eigenvalue weighted by Crippen LogP contribution is 2.30. The maximum atomic E-state index is 12.8. The molecule has 1 atom stereocenters. The number of aromatic nitrogens is 1. The third kappa shape index (κ3) is 4.62. The van der Waals surface area contributed by atoms with Crippen LogP contribution in [0.4, 0.5) is 0 Å². The first kappa shape index (κ1) is 21.8. The van der Waals surface area contributed by atoms with E-state index in [2.05, 4.69) is 10.3 Å². The van der Waals surface area contributed by atoms with Gasteiger partial charge in [-0.15, -0.1) is 0 Å². The van der Waals surface area contributed by atoms with E-state index in [-0.39, 0.29) is 17.7 Å². The number of aromatic amines is 1. The summed E-state index contributed by atoms with van der Waals surface area (Å²) in [6, 6.07) is 20.3. The van der Waals surface area contributed by atoms with E-state index in [1.54, 1.807) is 30.3 Å². The zero-order chi connectivity index (χ0) is 23.4. The van der Waals surface area contributed by atoms with Crippen LogP contribution < -0.4 is 5.32 Å². The van der Waals surface area contributed by atoms with Crippen molar-refractivity contribution < 1.29 is 24.2 Å². The van der Waals surface area contributed by atoms with Crippen LogP contribution in [0, 0.1) is 0 Å². The second kappa shape index (κ2) is 9.40. The van der Waals surface area contributed by atoms with E-state index in [0.717, 1.165) is 11.1 Å². The van der Waals surface area contributed by atoms with Gasteiger partial charge in [-0.3, -0.25) is 9.59 Å². The van der Waals surface area contributed by atoms with Gasteiger partial charge in [0, 0.05) is 29.1 Å². The molecule has 166 valence electrons. The molecular formula is C26H22N2O5. The van der Waals surface area contributed by atoms with Crippen LogP contribution in [0.5, 0.6) is 5.75 Å². The van der Waals surface area contributed by atoms with Crippen LogP contribution >= 0.6 is 0 Å². The quantitative estimate of drug-likeness (QED) is 0.230. The Morgan fingerprint density at radius 3 is 2.48 bits per heavy atom. The largest absolute Gasteiger partial charge is 0.507 e. The Morgan fingerprint density at radius 1 is 1.00 bits per heavy atom. The predicted molar refractivity (Wildman–Crippen MR) is 124 cm³/mol. The molecule has 0 radical (unpaired) electrons. The first-order valence-electron chi connectivity index (χ1n) is 10.3. The number of H-pyrrole nitrogens is 1. The number of hydrogen-bond acceptors (Lipinski definition) is 5. The number of para-hydroxylation sites is 1. The number of benzene rings is 3. The Kier molecular flexibility index (Phi) is 6.22. The Bertz CT molecular complexity index is 1330. The molecule has 0 spiro atoms. The normalized spacial score (nSPS) is 11.7. The van der Waals surface area contributed by atoms with E-state index in [9.17, 15) is 19.5 Å². The molecule has 0 fully saturated rings. The summed E-state index contributed by atoms with van der Waals surface area (Å²) in [4.78, 5) is 40.9. The van der Waals surface area contributed by atoms with Crippen molar-refractivity contribution in [2.75, 3.05) is 7.11 Å². The van der Waals surface area contributed by atoms with Crippen molar-refractivity contribution in [2.24, 2.45) is 0 Å². The maximum Gasteiger partial charge on any atom is 0.328 e. The second-order valence-corrected chi connectivity index (χ2v) is 7.55. The molecule has 0 saturated heterocycles. The van der Waals surface area contributed by atoms with Gasteiger partial charge in [0.25, 0.3) is 11.7 Å². The van der Waals surface area contributed by atoms with Gasteiger partial charge >= 0.3 is 5.97 Å². The fourth-order valence-electron chi connectivity index (χ4n) is 3.74. The lowest BCUT2D eigenvalue weighted by molar-refractivity contribution is -0.144. The van der Waals surface area contributed by atoms with Gasteiger partial charge in [-0.2, -0.15) is 0 Å². The summed E-state index contributed by atoms with van der Waals surface area (Å²) in [5, 5.41) is 13.4. The van der Waals surface area contributed by atoms with Gasteiger partial charge < -0.3 is 20.1 Å². The summed E-state index contributed by atoms with van der Waals surface area (Å²) >= 11 is 0. The Labute approximate surface area is 190 Å². The molecular weight excluding hydrogens is 420 g/mol. The molecule has 0 aliphatic rings. The number of fused-ring (bicyclic) bond motifs is 1. The van der Waals surface area contributed by atoms with Crippen LogP contribution in [0.2, 0.25) is 0 Å². The number of rotatable bonds is 7. The van der Waals surface area contributed by atoms with E-state index in [1.807, 2.05) is 36.4 Å². The number of phenolic OH excluding ortho intramolecular Hbond substituents is 1. The fourth-order valence-corrected chi connectivity index (χ4v) is 3.74. The first-order chi connectivity index (χ1) is 16.0. The smallest absolute Gasteiger partial charge is 0.328 e. The van der Waals surface area contributed by atoms with Gasteiger partial charge in [0.05, 0.1) is 12.7 Å². The molecule has 3 aromatic carbocycles. The number of Topliss-reactive ketones (excluding diaryl/α,β-unsaturated/α-hetero) is 1. The average molecular weight is 442 g/mol. The summed E-state index contributed by atoms with van der Waals surface area (Å²) in [5.74, 6) is -2.24. The molecule has 4 aromatic rings. The number of ether oxygens (including phenoxy) is 1. The van der Waals surface area contributed by atoms with Crippen molar-refractivity contribution in [3.63, 3.8) is 0 Å². The van der Waals surface area contributed by atoms with Gasteiger partial charge in [0.2, 0.25) is 0 Å². The number of carbonyl (C=O) groups excluding carboxylic acids is 3. The summed E-state index contributed by atoms with van der Waals surface area (Å²) in [5.41, 5.74) is 3.04. The molecule has 0 aliphatic carbocycles. The van der Waals surface area contributed by atoms with Crippen LogP contribution in [0.3, 0.4) is 0 Å². The van der Waals surface area contributed by atoms with Crippen molar-refractivity contribution >= 4 is 28.6 Å². The zero-order valence-corrected chi connectivity index (χ0v) is 17.9. The number of phenols is 1. The molecule has 0 saturated carbocycles. The van der Waals surface area contributed by atoms with Gasteiger partial charge in [0.1, 0.15) is 11.8 Å². The third-order valence-electron chi connectivity index (χ3n) is 5.42. The number of aromatic hydroxyl groups is 1. The van der Waals surface area contributed by atoms with E-state index in [4.69, 9.17) is 4.74 Å². The number of carbonyl (C=O) groups is 3. The minimum atomic E-state index is -1.08. The molecule has 0 unspecified atom stereocenters. The number of methoxy groups -OCH3 is 1. The molecule has 7 heteroatoms. The summed E-state index contributed by atoms with van der Waals surface area (Å²) in [6.45, 7) is 0. The Morgan fingerprint density at radius 2 is 1.73 bits per heavy atom. The molecule has 33 heavy (non-hydrogen) atoms. The SMILES string of the molecule is COC(=O)[C@H](Cc1ccc(O)c(-c2ccccc2)c1)NC(=O)C(=O)c1c[nH]c2ccccc12. The number of ketones is 1. The maximum absolute atomic E-state index is 12.8. The lowest BCUT2D eigenvalue weighted by Crippen LogP contribution is -2.45. The average Bonchev–Trinajstić information content (AvgIpc) is 3.28. The summed E-state index contributed by atoms with van der Waals surface area (Å²) in [6.07, 6.45) is 1.56. The van der Waals surface area contributed by atoms with Crippen molar-refractivity contribution in [1.82, 2.24) is 10.3 Å². The second-order valence-electron chi connectivity index (χ2n) is 7.55. The zero-order valence-electron chi connectivity index (χ0n) is 17.9. The highest BCUT2D eigenvalue weighted by atomic mass is 16.5. The Hall–Kier alpha value is -4.39. The molecule has 4 rings (SSSR count). The highest BCUT2D eigenvalue weighted by Gasteiger charge is 2.27. The number of amides is 1. The summed E-state index contributed by atoms with van der Waals surface area (Å²) in [7, 11) is 1.22. The molecule has 1 aromatic heterocycles. The molecule has 1 heterocycles.